The largest absolute Gasteiger partial charge is 0.478 e. The molecule has 0 saturated heterocycles. The SMILES string of the molecule is CC(C)C(=O)Oc1ccc(CO)cc1[C@H](CCN(C(C)C)C(C)C)c1ccccc1.O=C(O)/C=C/COO. The second-order valence-electron chi connectivity index (χ2n) is 9.82. The number of benzene rings is 2. The molecule has 0 bridgehead atoms. The Hall–Kier alpha value is -3.04. The van der Waals surface area contributed by atoms with Crippen molar-refractivity contribution >= 4 is 11.9 Å². The van der Waals surface area contributed by atoms with Gasteiger partial charge in [-0.15, -0.1) is 0 Å². The summed E-state index contributed by atoms with van der Waals surface area (Å²) in [5, 5.41) is 25.3. The van der Waals surface area contributed by atoms with Crippen LogP contribution in [0.1, 0.15) is 70.6 Å². The van der Waals surface area contributed by atoms with Crippen molar-refractivity contribution in [3.05, 3.63) is 77.4 Å². The van der Waals surface area contributed by atoms with Gasteiger partial charge in [-0.05, 0) is 70.0 Å². The van der Waals surface area contributed by atoms with Crippen LogP contribution in [0.4, 0.5) is 0 Å². The van der Waals surface area contributed by atoms with Crippen LogP contribution in [0, 0.1) is 5.92 Å². The molecule has 2 rings (SSSR count). The van der Waals surface area contributed by atoms with Gasteiger partial charge in [-0.3, -0.25) is 15.0 Å². The number of hydrogen-bond donors (Lipinski definition) is 3. The predicted molar refractivity (Wildman–Crippen MR) is 148 cm³/mol. The average Bonchev–Trinajstić information content (AvgIpc) is 2.87. The van der Waals surface area contributed by atoms with Crippen molar-refractivity contribution in [1.29, 1.82) is 0 Å². The summed E-state index contributed by atoms with van der Waals surface area (Å²) in [6, 6.07) is 16.9. The highest BCUT2D eigenvalue weighted by Gasteiger charge is 2.23. The molecular formula is C30H43NO7. The van der Waals surface area contributed by atoms with E-state index in [1.807, 2.05) is 50.2 Å². The van der Waals surface area contributed by atoms with Crippen molar-refractivity contribution < 1.29 is 34.7 Å². The van der Waals surface area contributed by atoms with E-state index in [2.05, 4.69) is 49.6 Å². The van der Waals surface area contributed by atoms with E-state index in [0.29, 0.717) is 17.8 Å². The van der Waals surface area contributed by atoms with Crippen LogP contribution < -0.4 is 4.74 Å². The summed E-state index contributed by atoms with van der Waals surface area (Å²) in [5.74, 6) is -0.858. The minimum Gasteiger partial charge on any atom is -0.478 e. The summed E-state index contributed by atoms with van der Waals surface area (Å²) >= 11 is 0. The number of carboxylic acids is 1. The Morgan fingerprint density at radius 1 is 0.974 bits per heavy atom. The molecule has 0 spiro atoms. The van der Waals surface area contributed by atoms with Gasteiger partial charge < -0.3 is 14.9 Å². The molecule has 0 aliphatic rings. The molecule has 0 heterocycles. The molecule has 2 aromatic rings. The Bertz CT molecular complexity index is 995. The number of aliphatic carboxylic acids is 1. The van der Waals surface area contributed by atoms with Crippen LogP contribution in [-0.2, 0) is 21.1 Å². The minimum atomic E-state index is -1.05. The van der Waals surface area contributed by atoms with Crippen molar-refractivity contribution in [2.75, 3.05) is 13.2 Å². The Balaban J connectivity index is 0.000000781. The van der Waals surface area contributed by atoms with Gasteiger partial charge in [-0.2, -0.15) is 0 Å². The van der Waals surface area contributed by atoms with Crippen LogP contribution in [0.2, 0.25) is 0 Å². The average molecular weight is 530 g/mol. The molecule has 0 radical (unpaired) electrons. The van der Waals surface area contributed by atoms with E-state index in [1.165, 1.54) is 11.6 Å². The van der Waals surface area contributed by atoms with Gasteiger partial charge in [0.15, 0.2) is 0 Å². The summed E-state index contributed by atoms with van der Waals surface area (Å²) in [6.45, 7) is 13.3. The summed E-state index contributed by atoms with van der Waals surface area (Å²) in [6.07, 6.45) is 2.96. The number of nitrogens with zero attached hydrogens (tertiary/aromatic N) is 1. The number of ether oxygens (including phenoxy) is 1. The minimum absolute atomic E-state index is 0.0446. The van der Waals surface area contributed by atoms with Gasteiger partial charge in [0.05, 0.1) is 12.5 Å². The Kier molecular flexibility index (Phi) is 15.2. The molecule has 1 atom stereocenters. The summed E-state index contributed by atoms with van der Waals surface area (Å²) in [5.41, 5.74) is 2.95. The number of carbonyl (C=O) groups is 2. The molecule has 0 aliphatic carbocycles. The fourth-order valence-corrected chi connectivity index (χ4v) is 4.06. The number of carboxylic acid groups (broad SMARTS) is 1. The number of aliphatic hydroxyl groups excluding tert-OH is 1. The van der Waals surface area contributed by atoms with Crippen molar-refractivity contribution in [2.24, 2.45) is 5.92 Å². The number of rotatable bonds is 13. The highest BCUT2D eigenvalue weighted by Crippen LogP contribution is 2.36. The molecule has 0 saturated carbocycles. The first-order chi connectivity index (χ1) is 18.0. The van der Waals surface area contributed by atoms with Crippen LogP contribution in [-0.4, -0.2) is 57.5 Å². The Labute approximate surface area is 226 Å². The van der Waals surface area contributed by atoms with Crippen molar-refractivity contribution in [1.82, 2.24) is 4.90 Å². The topological polar surface area (TPSA) is 117 Å². The smallest absolute Gasteiger partial charge is 0.328 e. The molecule has 0 amide bonds. The van der Waals surface area contributed by atoms with Crippen LogP contribution in [0.5, 0.6) is 5.75 Å². The van der Waals surface area contributed by atoms with E-state index in [-0.39, 0.29) is 31.0 Å². The maximum Gasteiger partial charge on any atom is 0.328 e. The Morgan fingerprint density at radius 2 is 1.61 bits per heavy atom. The van der Waals surface area contributed by atoms with E-state index in [0.717, 1.165) is 30.2 Å². The molecule has 8 nitrogen and oxygen atoms in total. The molecular weight excluding hydrogens is 486 g/mol. The van der Waals surface area contributed by atoms with Gasteiger partial charge in [-0.1, -0.05) is 50.2 Å². The number of aliphatic hydroxyl groups is 1. The molecule has 3 N–H and O–H groups in total. The second-order valence-corrected chi connectivity index (χ2v) is 9.82. The normalized spacial score (nSPS) is 12.2. The molecule has 0 aliphatic heterocycles. The van der Waals surface area contributed by atoms with Gasteiger partial charge in [0.25, 0.3) is 0 Å². The van der Waals surface area contributed by atoms with Crippen LogP contribution >= 0.6 is 0 Å². The monoisotopic (exact) mass is 529 g/mol. The predicted octanol–water partition coefficient (Wildman–Crippen LogP) is 5.50. The highest BCUT2D eigenvalue weighted by atomic mass is 17.1. The first-order valence-electron chi connectivity index (χ1n) is 12.9. The van der Waals surface area contributed by atoms with Crippen LogP contribution in [0.15, 0.2) is 60.7 Å². The maximum absolute atomic E-state index is 12.3. The van der Waals surface area contributed by atoms with Crippen molar-refractivity contribution in [3.63, 3.8) is 0 Å². The molecule has 0 aromatic heterocycles. The Morgan fingerprint density at radius 3 is 2.11 bits per heavy atom. The van der Waals surface area contributed by atoms with Gasteiger partial charge in [-0.25, -0.2) is 9.68 Å². The quantitative estimate of drug-likeness (QED) is 0.102. The highest BCUT2D eigenvalue weighted by molar-refractivity contribution is 5.79. The maximum atomic E-state index is 12.3. The summed E-state index contributed by atoms with van der Waals surface area (Å²) in [7, 11) is 0. The summed E-state index contributed by atoms with van der Waals surface area (Å²) < 4.78 is 5.78. The van der Waals surface area contributed by atoms with E-state index < -0.39 is 5.97 Å². The third-order valence-corrected chi connectivity index (χ3v) is 5.95. The number of esters is 1. The molecule has 2 aromatic carbocycles. The zero-order valence-electron chi connectivity index (χ0n) is 23.3. The molecule has 38 heavy (non-hydrogen) atoms. The van der Waals surface area contributed by atoms with Crippen LogP contribution in [0.3, 0.4) is 0 Å². The van der Waals surface area contributed by atoms with Gasteiger partial charge in [0, 0.05) is 29.6 Å². The zero-order chi connectivity index (χ0) is 28.7. The standard InChI is InChI=1S/C26H37NO3.C4H6O4/c1-18(2)26(29)30-25-13-12-21(17-28)16-24(25)23(22-10-8-7-9-11-22)14-15-27(19(3)4)20(5)6;5-4(6)2-1-3-8-7/h7-13,16,18-20,23,28H,14-15,17H2,1-6H3;1-2,7H,3H2,(H,5,6)/b;2-1+/t23-;/m1./s1. The lowest BCUT2D eigenvalue weighted by atomic mass is 9.86. The van der Waals surface area contributed by atoms with E-state index >= 15 is 0 Å². The molecule has 210 valence electrons. The molecule has 0 unspecified atom stereocenters. The third kappa shape index (κ3) is 11.6. The van der Waals surface area contributed by atoms with E-state index in [9.17, 15) is 14.7 Å². The van der Waals surface area contributed by atoms with Gasteiger partial charge in [0.1, 0.15) is 12.4 Å². The van der Waals surface area contributed by atoms with Gasteiger partial charge >= 0.3 is 11.9 Å². The van der Waals surface area contributed by atoms with Crippen molar-refractivity contribution in [3.8, 4) is 5.75 Å². The molecule has 8 heteroatoms. The number of hydrogen-bond acceptors (Lipinski definition) is 7. The second kappa shape index (κ2) is 17.5. The lowest BCUT2D eigenvalue weighted by Gasteiger charge is -2.32. The fraction of sp³-hybridized carbons (Fsp3) is 0.467. The summed E-state index contributed by atoms with van der Waals surface area (Å²) in [4.78, 5) is 28.0. The van der Waals surface area contributed by atoms with E-state index in [4.69, 9.17) is 15.1 Å². The first kappa shape index (κ1) is 33.0. The lowest BCUT2D eigenvalue weighted by molar-refractivity contribution is -0.231. The molecule has 0 fully saturated rings. The fourth-order valence-electron chi connectivity index (χ4n) is 4.06. The van der Waals surface area contributed by atoms with Crippen LogP contribution in [0.25, 0.3) is 0 Å². The van der Waals surface area contributed by atoms with Crippen molar-refractivity contribution in [2.45, 2.75) is 72.6 Å². The van der Waals surface area contributed by atoms with Gasteiger partial charge in [0.2, 0.25) is 0 Å². The zero-order valence-corrected chi connectivity index (χ0v) is 23.3. The van der Waals surface area contributed by atoms with E-state index in [1.54, 1.807) is 0 Å². The number of carbonyl (C=O) groups excluding carboxylic acids is 1. The first-order valence-corrected chi connectivity index (χ1v) is 12.9. The third-order valence-electron chi connectivity index (χ3n) is 5.95. The lowest BCUT2D eigenvalue weighted by Crippen LogP contribution is -2.38.